The molecule has 208 valence electrons. The quantitative estimate of drug-likeness (QED) is 0.145. The summed E-state index contributed by atoms with van der Waals surface area (Å²) in [4.78, 5) is 0. The van der Waals surface area contributed by atoms with Crippen molar-refractivity contribution in [3.63, 3.8) is 0 Å². The van der Waals surface area contributed by atoms with Crippen LogP contribution in [-0.2, 0) is 12.8 Å². The van der Waals surface area contributed by atoms with Gasteiger partial charge in [-0.3, -0.25) is 5.43 Å². The maximum Gasteiger partial charge on any atom is 0.191 e. The standard InChI is InChI=1S/C33H37N3O3S/c1-33-16-15-25-26(28(33)13-14-31(33)39)12-9-21-19-30(38)22(17-27(21)25)18-29(20-7-10-24(37)11-8-20)35-36-32(40)34-23-5-3-2-4-6-23/h2-8,10-11,17,19,25-26,28,31,37-39H,9,12-16,18H2,1H3,(H2,34,36,40)/b35-29-/t25-,26+,28-,31-,33-/m0/s1. The highest BCUT2D eigenvalue weighted by Crippen LogP contribution is 2.61. The Kier molecular flexibility index (Phi) is 7.27. The summed E-state index contributed by atoms with van der Waals surface area (Å²) in [5.41, 5.74) is 8.83. The predicted molar refractivity (Wildman–Crippen MR) is 163 cm³/mol. The summed E-state index contributed by atoms with van der Waals surface area (Å²) in [6.45, 7) is 2.30. The number of aliphatic hydroxyl groups is 1. The molecule has 0 radical (unpaired) electrons. The van der Waals surface area contributed by atoms with E-state index in [4.69, 9.17) is 12.2 Å². The molecule has 6 nitrogen and oxygen atoms in total. The molecule has 6 rings (SSSR count). The smallest absolute Gasteiger partial charge is 0.191 e. The molecule has 2 fully saturated rings. The molecule has 2 saturated carbocycles. The number of aryl methyl sites for hydroxylation is 1. The number of phenolic OH excluding ortho intramolecular Hbond substituents is 2. The summed E-state index contributed by atoms with van der Waals surface area (Å²) in [6.07, 6.45) is 6.46. The second-order valence-corrected chi connectivity index (χ2v) is 12.4. The molecule has 5 atom stereocenters. The lowest BCUT2D eigenvalue weighted by Crippen LogP contribution is -2.43. The van der Waals surface area contributed by atoms with Crippen LogP contribution in [0.1, 0.15) is 67.2 Å². The van der Waals surface area contributed by atoms with E-state index in [-0.39, 0.29) is 23.0 Å². The molecule has 40 heavy (non-hydrogen) atoms. The molecule has 3 aromatic carbocycles. The highest BCUT2D eigenvalue weighted by Gasteiger charge is 2.54. The fraction of sp³-hybridized carbons (Fsp3) is 0.394. The van der Waals surface area contributed by atoms with E-state index in [9.17, 15) is 15.3 Å². The number of nitrogens with zero attached hydrogens (tertiary/aromatic N) is 1. The number of benzene rings is 3. The van der Waals surface area contributed by atoms with Gasteiger partial charge in [0, 0.05) is 17.7 Å². The predicted octanol–water partition coefficient (Wildman–Crippen LogP) is 6.25. The van der Waals surface area contributed by atoms with Gasteiger partial charge < -0.3 is 20.6 Å². The molecule has 5 N–H and O–H groups in total. The molecule has 0 heterocycles. The summed E-state index contributed by atoms with van der Waals surface area (Å²) >= 11 is 5.48. The molecule has 0 spiro atoms. The molecule has 0 saturated heterocycles. The van der Waals surface area contributed by atoms with Crippen molar-refractivity contribution in [3.8, 4) is 11.5 Å². The maximum absolute atomic E-state index is 11.1. The number of hydrogen-bond acceptors (Lipinski definition) is 5. The van der Waals surface area contributed by atoms with Crippen molar-refractivity contribution >= 4 is 28.7 Å². The maximum atomic E-state index is 11.1. The molecule has 3 aromatic rings. The highest BCUT2D eigenvalue weighted by molar-refractivity contribution is 7.80. The molecular weight excluding hydrogens is 518 g/mol. The van der Waals surface area contributed by atoms with E-state index in [0.717, 1.165) is 55.3 Å². The monoisotopic (exact) mass is 555 g/mol. The zero-order valence-electron chi connectivity index (χ0n) is 22.8. The first-order chi connectivity index (χ1) is 19.3. The van der Waals surface area contributed by atoms with Crippen LogP contribution in [0.4, 0.5) is 5.69 Å². The molecule has 0 bridgehead atoms. The van der Waals surface area contributed by atoms with Crippen molar-refractivity contribution in [2.45, 2.75) is 63.9 Å². The average molecular weight is 556 g/mol. The minimum atomic E-state index is -0.186. The molecule has 0 aromatic heterocycles. The van der Waals surface area contributed by atoms with Crippen LogP contribution in [-0.4, -0.2) is 32.2 Å². The van der Waals surface area contributed by atoms with Crippen LogP contribution >= 0.6 is 12.2 Å². The molecule has 7 heteroatoms. The molecule has 0 unspecified atom stereocenters. The SMILES string of the molecule is C[C@]12CC[C@@H]3c4cc(C/C(=N/NC(=S)Nc5ccccc5)c5ccc(O)cc5)c(O)cc4CC[C@H]3[C@@H]1CC[C@@H]2O. The summed E-state index contributed by atoms with van der Waals surface area (Å²) in [6, 6.07) is 20.7. The topological polar surface area (TPSA) is 97.1 Å². The van der Waals surface area contributed by atoms with Crippen LogP contribution in [0.3, 0.4) is 0 Å². The van der Waals surface area contributed by atoms with Gasteiger partial charge in [0.15, 0.2) is 5.11 Å². The van der Waals surface area contributed by atoms with Gasteiger partial charge >= 0.3 is 0 Å². The van der Waals surface area contributed by atoms with Crippen LogP contribution in [0.5, 0.6) is 11.5 Å². The van der Waals surface area contributed by atoms with E-state index in [1.54, 1.807) is 12.1 Å². The van der Waals surface area contributed by atoms with Gasteiger partial charge in [-0.25, -0.2) is 0 Å². The number of hydrogen-bond donors (Lipinski definition) is 5. The van der Waals surface area contributed by atoms with Gasteiger partial charge in [0.25, 0.3) is 0 Å². The fourth-order valence-corrected chi connectivity index (χ4v) is 7.77. The number of para-hydroxylation sites is 1. The van der Waals surface area contributed by atoms with Gasteiger partial charge in [0.1, 0.15) is 11.5 Å². The fourth-order valence-electron chi connectivity index (χ4n) is 7.61. The molecule has 3 aliphatic carbocycles. The largest absolute Gasteiger partial charge is 0.508 e. The van der Waals surface area contributed by atoms with Crippen molar-refractivity contribution in [2.75, 3.05) is 5.32 Å². The summed E-state index contributed by atoms with van der Waals surface area (Å²) < 4.78 is 0. The zero-order chi connectivity index (χ0) is 27.9. The van der Waals surface area contributed by atoms with E-state index < -0.39 is 0 Å². The van der Waals surface area contributed by atoms with Gasteiger partial charge in [-0.15, -0.1) is 0 Å². The van der Waals surface area contributed by atoms with E-state index in [0.29, 0.717) is 35.0 Å². The summed E-state index contributed by atoms with van der Waals surface area (Å²) in [7, 11) is 0. The second kappa shape index (κ2) is 10.9. The third-order valence-electron chi connectivity index (χ3n) is 9.76. The molecule has 3 aliphatic rings. The van der Waals surface area contributed by atoms with Crippen LogP contribution in [0, 0.1) is 17.3 Å². The first-order valence-electron chi connectivity index (χ1n) is 14.3. The third-order valence-corrected chi connectivity index (χ3v) is 9.95. The number of aromatic hydroxyl groups is 2. The van der Waals surface area contributed by atoms with Crippen LogP contribution < -0.4 is 10.7 Å². The Balaban J connectivity index is 1.28. The number of phenols is 2. The summed E-state index contributed by atoms with van der Waals surface area (Å²) in [5, 5.41) is 39.9. The first-order valence-corrected chi connectivity index (χ1v) is 14.7. The van der Waals surface area contributed by atoms with Crippen LogP contribution in [0.15, 0.2) is 71.8 Å². The van der Waals surface area contributed by atoms with Gasteiger partial charge in [-0.05, 0) is 133 Å². The van der Waals surface area contributed by atoms with Gasteiger partial charge in [-0.1, -0.05) is 31.2 Å². The number of anilines is 1. The van der Waals surface area contributed by atoms with E-state index in [2.05, 4.69) is 28.8 Å². The first kappa shape index (κ1) is 26.8. The van der Waals surface area contributed by atoms with Gasteiger partial charge in [0.05, 0.1) is 11.8 Å². The number of nitrogens with one attached hydrogen (secondary N) is 2. The number of fused-ring (bicyclic) bond motifs is 5. The molecule has 0 amide bonds. The van der Waals surface area contributed by atoms with E-state index in [1.807, 2.05) is 48.5 Å². The lowest BCUT2D eigenvalue weighted by atomic mass is 9.55. The van der Waals surface area contributed by atoms with Crippen molar-refractivity contribution in [1.29, 1.82) is 0 Å². The summed E-state index contributed by atoms with van der Waals surface area (Å²) in [5.74, 6) is 2.06. The van der Waals surface area contributed by atoms with Crippen molar-refractivity contribution in [3.05, 3.63) is 89.0 Å². The Morgan fingerprint density at radius 3 is 2.55 bits per heavy atom. The Labute approximate surface area is 241 Å². The minimum Gasteiger partial charge on any atom is -0.508 e. The van der Waals surface area contributed by atoms with Crippen LogP contribution in [0.2, 0.25) is 0 Å². The van der Waals surface area contributed by atoms with Crippen LogP contribution in [0.25, 0.3) is 0 Å². The highest BCUT2D eigenvalue weighted by atomic mass is 32.1. The average Bonchev–Trinajstić information content (AvgIpc) is 3.26. The van der Waals surface area contributed by atoms with Crippen molar-refractivity contribution in [1.82, 2.24) is 5.43 Å². The molecule has 0 aliphatic heterocycles. The number of hydrazone groups is 1. The Hall–Kier alpha value is -3.42. The lowest BCUT2D eigenvalue weighted by molar-refractivity contribution is -0.0226. The van der Waals surface area contributed by atoms with E-state index >= 15 is 0 Å². The Bertz CT molecular complexity index is 1420. The molecular formula is C33H37N3O3S. The number of rotatable bonds is 5. The lowest BCUT2D eigenvalue weighted by Gasteiger charge is -2.50. The van der Waals surface area contributed by atoms with Gasteiger partial charge in [0.2, 0.25) is 0 Å². The van der Waals surface area contributed by atoms with E-state index in [1.165, 1.54) is 11.1 Å². The van der Waals surface area contributed by atoms with Crippen molar-refractivity contribution < 1.29 is 15.3 Å². The zero-order valence-corrected chi connectivity index (χ0v) is 23.6. The Morgan fingerprint density at radius 2 is 1.77 bits per heavy atom. The third kappa shape index (κ3) is 5.08. The Morgan fingerprint density at radius 1 is 1.00 bits per heavy atom. The number of aliphatic hydroxyl groups excluding tert-OH is 1. The minimum absolute atomic E-state index is 0.0367. The van der Waals surface area contributed by atoms with Crippen molar-refractivity contribution in [2.24, 2.45) is 22.4 Å². The normalized spacial score (nSPS) is 27.3. The second-order valence-electron chi connectivity index (χ2n) is 11.9. The number of thiocarbonyl (C=S) groups is 1. The van der Waals surface area contributed by atoms with Gasteiger partial charge in [-0.2, -0.15) is 5.10 Å².